The quantitative estimate of drug-likeness (QED) is 0.446. The van der Waals surface area contributed by atoms with Gasteiger partial charge in [-0.15, -0.1) is 11.8 Å². The predicted molar refractivity (Wildman–Crippen MR) is 53.8 cm³/mol. The van der Waals surface area contributed by atoms with Crippen molar-refractivity contribution < 1.29 is 30.0 Å². The molecular formula is C8H14O6S. The van der Waals surface area contributed by atoms with Gasteiger partial charge in [0, 0.05) is 12.2 Å². The fourth-order valence-electron chi connectivity index (χ4n) is 0.813. The number of hydrogen-bond donors (Lipinski definition) is 4. The topological polar surface area (TPSA) is 115 Å². The molecule has 0 radical (unpaired) electrons. The SMILES string of the molecule is O=C(O)CCC(SCC(O)CO)C(=O)O. The van der Waals surface area contributed by atoms with Crippen LogP contribution >= 0.6 is 11.8 Å². The average molecular weight is 238 g/mol. The molecule has 0 aliphatic heterocycles. The molecule has 88 valence electrons. The molecule has 0 spiro atoms. The van der Waals surface area contributed by atoms with Gasteiger partial charge in [-0.05, 0) is 6.42 Å². The summed E-state index contributed by atoms with van der Waals surface area (Å²) in [6.07, 6.45) is -1.19. The summed E-state index contributed by atoms with van der Waals surface area (Å²) in [4.78, 5) is 20.9. The molecule has 0 bridgehead atoms. The Bertz CT molecular complexity index is 219. The molecule has 7 heteroatoms. The van der Waals surface area contributed by atoms with Crippen LogP contribution in [0.5, 0.6) is 0 Å². The van der Waals surface area contributed by atoms with Crippen LogP contribution < -0.4 is 0 Å². The van der Waals surface area contributed by atoms with Crippen molar-refractivity contribution in [2.75, 3.05) is 12.4 Å². The number of aliphatic hydroxyl groups is 2. The monoisotopic (exact) mass is 238 g/mol. The molecule has 15 heavy (non-hydrogen) atoms. The Morgan fingerprint density at radius 1 is 1.27 bits per heavy atom. The highest BCUT2D eigenvalue weighted by molar-refractivity contribution is 8.00. The van der Waals surface area contributed by atoms with Crippen molar-refractivity contribution in [2.45, 2.75) is 24.2 Å². The van der Waals surface area contributed by atoms with Gasteiger partial charge in [0.05, 0.1) is 12.7 Å². The highest BCUT2D eigenvalue weighted by Crippen LogP contribution is 2.17. The Morgan fingerprint density at radius 3 is 2.27 bits per heavy atom. The first-order chi connectivity index (χ1) is 6.97. The van der Waals surface area contributed by atoms with E-state index >= 15 is 0 Å². The van der Waals surface area contributed by atoms with Gasteiger partial charge in [-0.3, -0.25) is 9.59 Å². The zero-order valence-electron chi connectivity index (χ0n) is 8.00. The number of carbonyl (C=O) groups is 2. The van der Waals surface area contributed by atoms with E-state index in [4.69, 9.17) is 20.4 Å². The summed E-state index contributed by atoms with van der Waals surface area (Å²) < 4.78 is 0. The van der Waals surface area contributed by atoms with Crippen LogP contribution in [0.3, 0.4) is 0 Å². The van der Waals surface area contributed by atoms with Crippen molar-refractivity contribution in [3.63, 3.8) is 0 Å². The normalized spacial score (nSPS) is 14.5. The zero-order valence-corrected chi connectivity index (χ0v) is 8.81. The van der Waals surface area contributed by atoms with Crippen LogP contribution in [0.25, 0.3) is 0 Å². The van der Waals surface area contributed by atoms with Gasteiger partial charge in [-0.2, -0.15) is 0 Å². The van der Waals surface area contributed by atoms with Gasteiger partial charge in [-0.1, -0.05) is 0 Å². The number of carboxylic acids is 2. The zero-order chi connectivity index (χ0) is 11.8. The van der Waals surface area contributed by atoms with Crippen molar-refractivity contribution in [1.29, 1.82) is 0 Å². The first kappa shape index (κ1) is 14.2. The number of carboxylic acid groups (broad SMARTS) is 2. The molecule has 0 aromatic carbocycles. The Balaban J connectivity index is 3.94. The lowest BCUT2D eigenvalue weighted by Gasteiger charge is -2.12. The Labute approximate surface area is 90.9 Å². The molecule has 0 saturated carbocycles. The molecule has 0 aromatic heterocycles. The largest absolute Gasteiger partial charge is 0.481 e. The van der Waals surface area contributed by atoms with Gasteiger partial charge in [-0.25, -0.2) is 0 Å². The molecule has 0 fully saturated rings. The van der Waals surface area contributed by atoms with Crippen LogP contribution in [0.15, 0.2) is 0 Å². The highest BCUT2D eigenvalue weighted by atomic mass is 32.2. The molecule has 0 rings (SSSR count). The molecule has 2 atom stereocenters. The lowest BCUT2D eigenvalue weighted by Crippen LogP contribution is -2.22. The van der Waals surface area contributed by atoms with Crippen LogP contribution in [0.4, 0.5) is 0 Å². The van der Waals surface area contributed by atoms with Crippen LogP contribution in [0.2, 0.25) is 0 Å². The average Bonchev–Trinajstić information content (AvgIpc) is 2.16. The summed E-state index contributed by atoms with van der Waals surface area (Å²) in [7, 11) is 0. The van der Waals surface area contributed by atoms with Gasteiger partial charge in [0.15, 0.2) is 0 Å². The number of thioether (sulfide) groups is 1. The lowest BCUT2D eigenvalue weighted by molar-refractivity contribution is -0.138. The minimum atomic E-state index is -1.11. The molecule has 0 heterocycles. The van der Waals surface area contributed by atoms with Crippen molar-refractivity contribution in [3.05, 3.63) is 0 Å². The third-order valence-corrected chi connectivity index (χ3v) is 3.01. The smallest absolute Gasteiger partial charge is 0.316 e. The van der Waals surface area contributed by atoms with E-state index in [0.29, 0.717) is 0 Å². The summed E-state index contributed by atoms with van der Waals surface area (Å²) in [6.45, 7) is -0.432. The molecule has 0 saturated heterocycles. The van der Waals surface area contributed by atoms with Crippen LogP contribution in [-0.4, -0.2) is 56.1 Å². The highest BCUT2D eigenvalue weighted by Gasteiger charge is 2.20. The number of rotatable bonds is 8. The standard InChI is InChI=1S/C8H14O6S/c9-3-5(10)4-15-6(8(13)14)1-2-7(11)12/h5-6,9-10H,1-4H2,(H,11,12)(H,13,14). The van der Waals surface area contributed by atoms with Gasteiger partial charge < -0.3 is 20.4 Å². The molecule has 0 aliphatic carbocycles. The molecule has 0 aliphatic rings. The van der Waals surface area contributed by atoms with Gasteiger partial charge >= 0.3 is 11.9 Å². The van der Waals surface area contributed by atoms with Crippen LogP contribution in [-0.2, 0) is 9.59 Å². The van der Waals surface area contributed by atoms with E-state index in [1.165, 1.54) is 0 Å². The Morgan fingerprint density at radius 2 is 1.87 bits per heavy atom. The van der Waals surface area contributed by atoms with E-state index in [1.54, 1.807) is 0 Å². The van der Waals surface area contributed by atoms with E-state index in [9.17, 15) is 9.59 Å². The van der Waals surface area contributed by atoms with Crippen molar-refractivity contribution in [3.8, 4) is 0 Å². The summed E-state index contributed by atoms with van der Waals surface area (Å²) in [5.41, 5.74) is 0. The molecular weight excluding hydrogens is 224 g/mol. The second kappa shape index (κ2) is 7.49. The van der Waals surface area contributed by atoms with E-state index in [2.05, 4.69) is 0 Å². The second-order valence-corrected chi connectivity index (χ2v) is 4.16. The third kappa shape index (κ3) is 7.18. The van der Waals surface area contributed by atoms with E-state index in [-0.39, 0.29) is 18.6 Å². The third-order valence-electron chi connectivity index (χ3n) is 1.60. The second-order valence-electron chi connectivity index (χ2n) is 2.93. The van der Waals surface area contributed by atoms with Gasteiger partial charge in [0.25, 0.3) is 0 Å². The minimum absolute atomic E-state index is 0.00742. The lowest BCUT2D eigenvalue weighted by atomic mass is 10.2. The van der Waals surface area contributed by atoms with E-state index in [1.807, 2.05) is 0 Å². The summed E-state index contributed by atoms with van der Waals surface area (Å²) >= 11 is 0.931. The van der Waals surface area contributed by atoms with E-state index < -0.39 is 29.9 Å². The molecule has 6 nitrogen and oxygen atoms in total. The summed E-state index contributed by atoms with van der Waals surface area (Å²) in [5, 5.41) is 33.7. The van der Waals surface area contributed by atoms with Crippen molar-refractivity contribution in [2.24, 2.45) is 0 Å². The fraction of sp³-hybridized carbons (Fsp3) is 0.750. The van der Waals surface area contributed by atoms with Crippen molar-refractivity contribution >= 4 is 23.7 Å². The van der Waals surface area contributed by atoms with Crippen LogP contribution in [0, 0.1) is 0 Å². The fourth-order valence-corrected chi connectivity index (χ4v) is 1.80. The first-order valence-electron chi connectivity index (χ1n) is 4.32. The summed E-state index contributed by atoms with van der Waals surface area (Å²) in [5.74, 6) is -2.08. The maximum atomic E-state index is 10.7. The maximum Gasteiger partial charge on any atom is 0.316 e. The molecule has 0 amide bonds. The minimum Gasteiger partial charge on any atom is -0.481 e. The predicted octanol–water partition coefficient (Wildman–Crippen LogP) is -0.609. The number of aliphatic hydroxyl groups excluding tert-OH is 2. The maximum absolute atomic E-state index is 10.7. The Kier molecular flexibility index (Phi) is 7.10. The van der Waals surface area contributed by atoms with Gasteiger partial charge in [0.2, 0.25) is 0 Å². The molecule has 0 aromatic rings. The first-order valence-corrected chi connectivity index (χ1v) is 5.37. The molecule has 2 unspecified atom stereocenters. The number of hydrogen-bond acceptors (Lipinski definition) is 5. The summed E-state index contributed by atoms with van der Waals surface area (Å²) in [6, 6.07) is 0. The number of aliphatic carboxylic acids is 2. The Hall–Kier alpha value is -0.790. The van der Waals surface area contributed by atoms with Crippen LogP contribution in [0.1, 0.15) is 12.8 Å². The molecule has 4 N–H and O–H groups in total. The van der Waals surface area contributed by atoms with E-state index in [0.717, 1.165) is 11.8 Å². The van der Waals surface area contributed by atoms with Crippen molar-refractivity contribution in [1.82, 2.24) is 0 Å². The van der Waals surface area contributed by atoms with Gasteiger partial charge in [0.1, 0.15) is 5.25 Å².